The third-order valence-corrected chi connectivity index (χ3v) is 3.08. The summed E-state index contributed by atoms with van der Waals surface area (Å²) in [6.45, 7) is -0.0293. The van der Waals surface area contributed by atoms with E-state index in [4.69, 9.17) is 22.6 Å². The van der Waals surface area contributed by atoms with Gasteiger partial charge in [-0.15, -0.1) is 0 Å². The Morgan fingerprint density at radius 2 is 2.14 bits per heavy atom. The van der Waals surface area contributed by atoms with Crippen molar-refractivity contribution < 1.29 is 14.2 Å². The van der Waals surface area contributed by atoms with Crippen molar-refractivity contribution in [3.63, 3.8) is 0 Å². The van der Waals surface area contributed by atoms with Gasteiger partial charge in [0.15, 0.2) is 12.4 Å². The first-order chi connectivity index (χ1) is 10.5. The zero-order valence-corrected chi connectivity index (χ0v) is 12.2. The molecule has 0 aliphatic heterocycles. The molecule has 0 bridgehead atoms. The lowest BCUT2D eigenvalue weighted by atomic mass is 10.2. The van der Waals surface area contributed by atoms with Gasteiger partial charge in [0.1, 0.15) is 11.6 Å². The van der Waals surface area contributed by atoms with Crippen LogP contribution in [-0.4, -0.2) is 11.8 Å². The maximum atomic E-state index is 12.0. The molecule has 7 heteroatoms. The van der Waals surface area contributed by atoms with Crippen molar-refractivity contribution >= 4 is 29.1 Å². The number of nitrogens with zero attached hydrogens (tertiary/aromatic N) is 2. The second kappa shape index (κ2) is 6.70. The van der Waals surface area contributed by atoms with E-state index < -0.39 is 5.91 Å². The van der Waals surface area contributed by atoms with Gasteiger partial charge >= 0.3 is 0 Å². The molecule has 1 aromatic carbocycles. The summed E-state index contributed by atoms with van der Waals surface area (Å²) in [4.78, 5) is 23.2. The van der Waals surface area contributed by atoms with Crippen LogP contribution in [0.2, 0.25) is 5.02 Å². The predicted molar refractivity (Wildman–Crippen MR) is 80.0 cm³/mol. The van der Waals surface area contributed by atoms with E-state index in [2.05, 4.69) is 5.32 Å². The smallest absolute Gasteiger partial charge is 0.290 e. The highest BCUT2D eigenvalue weighted by atomic mass is 35.5. The molecular weight excluding hydrogens is 304 g/mol. The fraction of sp³-hybridized carbons (Fsp3) is 0.0667. The zero-order chi connectivity index (χ0) is 16.1. The van der Waals surface area contributed by atoms with Gasteiger partial charge in [-0.05, 0) is 24.3 Å². The third-order valence-electron chi connectivity index (χ3n) is 2.85. The van der Waals surface area contributed by atoms with Crippen LogP contribution in [0, 0.1) is 11.3 Å². The quantitative estimate of drug-likeness (QED) is 0.830. The SMILES string of the molecule is N#Cc1ccc(Cl)cc1NC(=O)C[n+]1cccc(C(N)=O)c1. The van der Waals surface area contributed by atoms with Gasteiger partial charge in [0.05, 0.1) is 11.3 Å². The molecule has 110 valence electrons. The van der Waals surface area contributed by atoms with Crippen molar-refractivity contribution in [3.8, 4) is 6.07 Å². The fourth-order valence-electron chi connectivity index (χ4n) is 1.84. The predicted octanol–water partition coefficient (Wildman–Crippen LogP) is 1.24. The maximum Gasteiger partial charge on any atom is 0.290 e. The highest BCUT2D eigenvalue weighted by molar-refractivity contribution is 6.31. The molecule has 6 nitrogen and oxygen atoms in total. The summed E-state index contributed by atoms with van der Waals surface area (Å²) in [6, 6.07) is 9.75. The lowest BCUT2D eigenvalue weighted by molar-refractivity contribution is -0.684. The van der Waals surface area contributed by atoms with Crippen LogP contribution >= 0.6 is 11.6 Å². The van der Waals surface area contributed by atoms with Crippen molar-refractivity contribution in [1.29, 1.82) is 5.26 Å². The minimum Gasteiger partial charge on any atom is -0.365 e. The topological polar surface area (TPSA) is 99.9 Å². The highest BCUT2D eigenvalue weighted by Gasteiger charge is 2.14. The van der Waals surface area contributed by atoms with E-state index in [1.807, 2.05) is 6.07 Å². The van der Waals surface area contributed by atoms with Crippen molar-refractivity contribution in [2.75, 3.05) is 5.32 Å². The Kier molecular flexibility index (Phi) is 4.71. The van der Waals surface area contributed by atoms with Gasteiger partial charge in [-0.25, -0.2) is 0 Å². The number of hydrogen-bond acceptors (Lipinski definition) is 3. The number of nitrogens with two attached hydrogens (primary N) is 1. The molecule has 0 saturated carbocycles. The molecule has 2 amide bonds. The van der Waals surface area contributed by atoms with E-state index in [1.165, 1.54) is 22.9 Å². The lowest BCUT2D eigenvalue weighted by Gasteiger charge is -2.06. The number of primary amides is 1. The summed E-state index contributed by atoms with van der Waals surface area (Å²) in [5.74, 6) is -0.929. The summed E-state index contributed by atoms with van der Waals surface area (Å²) in [5.41, 5.74) is 6.14. The standard InChI is InChI=1S/C15H11ClN4O2/c16-12-4-3-10(7-17)13(6-12)19-14(21)9-20-5-1-2-11(8-20)15(18)22/h1-6,8H,9H2,(H2-,18,19,21,22)/p+1. The number of nitrogens with one attached hydrogen (secondary N) is 1. The number of carbonyl (C=O) groups is 2. The number of pyridine rings is 1. The first kappa shape index (κ1) is 15.5. The molecule has 22 heavy (non-hydrogen) atoms. The molecular formula is C15H12ClN4O2+. The van der Waals surface area contributed by atoms with Crippen LogP contribution in [0.5, 0.6) is 0 Å². The fourth-order valence-corrected chi connectivity index (χ4v) is 2.01. The first-order valence-corrected chi connectivity index (χ1v) is 6.66. The molecule has 0 spiro atoms. The van der Waals surface area contributed by atoms with E-state index in [9.17, 15) is 9.59 Å². The number of nitriles is 1. The summed E-state index contributed by atoms with van der Waals surface area (Å²) in [7, 11) is 0. The maximum absolute atomic E-state index is 12.0. The Labute approximate surface area is 131 Å². The van der Waals surface area contributed by atoms with E-state index in [1.54, 1.807) is 24.4 Å². The average Bonchev–Trinajstić information content (AvgIpc) is 2.47. The Balaban J connectivity index is 2.14. The molecule has 0 fully saturated rings. The number of anilines is 1. The van der Waals surface area contributed by atoms with Gasteiger partial charge in [0, 0.05) is 11.1 Å². The van der Waals surface area contributed by atoms with Crippen molar-refractivity contribution in [3.05, 3.63) is 58.9 Å². The molecule has 0 aliphatic rings. The van der Waals surface area contributed by atoms with Gasteiger partial charge in [-0.2, -0.15) is 9.83 Å². The Bertz CT molecular complexity index is 783. The van der Waals surface area contributed by atoms with Crippen LogP contribution in [0.1, 0.15) is 15.9 Å². The summed E-state index contributed by atoms with van der Waals surface area (Å²) in [6.07, 6.45) is 3.11. The highest BCUT2D eigenvalue weighted by Crippen LogP contribution is 2.20. The van der Waals surface area contributed by atoms with Gasteiger partial charge in [-0.3, -0.25) is 9.59 Å². The largest absolute Gasteiger partial charge is 0.365 e. The lowest BCUT2D eigenvalue weighted by Crippen LogP contribution is -2.40. The number of amides is 2. The van der Waals surface area contributed by atoms with Crippen LogP contribution in [-0.2, 0) is 11.3 Å². The van der Waals surface area contributed by atoms with Crippen LogP contribution in [0.4, 0.5) is 5.69 Å². The molecule has 2 aromatic rings. The Morgan fingerprint density at radius 1 is 1.36 bits per heavy atom. The second-order valence-corrected chi connectivity index (χ2v) is 4.92. The molecule has 0 aliphatic carbocycles. The summed E-state index contributed by atoms with van der Waals surface area (Å²) in [5, 5.41) is 12.0. The van der Waals surface area contributed by atoms with Crippen LogP contribution in [0.25, 0.3) is 0 Å². The molecule has 0 radical (unpaired) electrons. The number of carbonyl (C=O) groups excluding carboxylic acids is 2. The number of benzene rings is 1. The number of halogens is 1. The minimum atomic E-state index is -0.573. The van der Waals surface area contributed by atoms with Gasteiger partial charge in [-0.1, -0.05) is 11.6 Å². The molecule has 3 N–H and O–H groups in total. The van der Waals surface area contributed by atoms with E-state index >= 15 is 0 Å². The Morgan fingerprint density at radius 3 is 2.82 bits per heavy atom. The van der Waals surface area contributed by atoms with E-state index in [-0.39, 0.29) is 12.5 Å². The van der Waals surface area contributed by atoms with Crippen molar-refractivity contribution in [2.45, 2.75) is 6.54 Å². The second-order valence-electron chi connectivity index (χ2n) is 4.48. The number of aromatic nitrogens is 1. The zero-order valence-electron chi connectivity index (χ0n) is 11.4. The first-order valence-electron chi connectivity index (χ1n) is 6.28. The van der Waals surface area contributed by atoms with Gasteiger partial charge < -0.3 is 11.1 Å². The monoisotopic (exact) mass is 315 g/mol. The van der Waals surface area contributed by atoms with E-state index in [0.29, 0.717) is 21.8 Å². The summed E-state index contributed by atoms with van der Waals surface area (Å²) >= 11 is 5.86. The molecule has 0 unspecified atom stereocenters. The summed E-state index contributed by atoms with van der Waals surface area (Å²) < 4.78 is 1.52. The molecule has 1 heterocycles. The third kappa shape index (κ3) is 3.81. The molecule has 2 rings (SSSR count). The number of rotatable bonds is 4. The van der Waals surface area contributed by atoms with Gasteiger partial charge in [0.2, 0.25) is 6.54 Å². The van der Waals surface area contributed by atoms with Crippen LogP contribution in [0.3, 0.4) is 0 Å². The number of hydrogen-bond donors (Lipinski definition) is 2. The van der Waals surface area contributed by atoms with Crippen LogP contribution in [0.15, 0.2) is 42.7 Å². The van der Waals surface area contributed by atoms with E-state index in [0.717, 1.165) is 0 Å². The average molecular weight is 316 g/mol. The van der Waals surface area contributed by atoms with Crippen molar-refractivity contribution in [1.82, 2.24) is 0 Å². The molecule has 1 aromatic heterocycles. The minimum absolute atomic E-state index is 0.0293. The van der Waals surface area contributed by atoms with Gasteiger partial charge in [0.25, 0.3) is 11.8 Å². The molecule has 0 atom stereocenters. The molecule has 0 saturated heterocycles. The van der Waals surface area contributed by atoms with Crippen LogP contribution < -0.4 is 15.6 Å². The Hall–Kier alpha value is -2.91. The normalized spacial score (nSPS) is 9.82. The van der Waals surface area contributed by atoms with Crippen molar-refractivity contribution in [2.24, 2.45) is 5.73 Å².